The Bertz CT molecular complexity index is 469. The van der Waals surface area contributed by atoms with Gasteiger partial charge in [-0.15, -0.1) is 0 Å². The molecule has 5 heteroatoms. The molecule has 1 atom stereocenters. The number of nitrogens with one attached hydrogen (secondary N) is 1. The molecule has 0 amide bonds. The molecule has 0 fully saturated rings. The summed E-state index contributed by atoms with van der Waals surface area (Å²) in [7, 11) is 0. The zero-order valence-electron chi connectivity index (χ0n) is 12.6. The van der Waals surface area contributed by atoms with E-state index in [1.54, 1.807) is 6.07 Å². The zero-order chi connectivity index (χ0) is 15.3. The van der Waals surface area contributed by atoms with Crippen molar-refractivity contribution in [2.24, 2.45) is 5.41 Å². The molecule has 1 rings (SSSR count). The van der Waals surface area contributed by atoms with Crippen molar-refractivity contribution in [3.8, 4) is 0 Å². The van der Waals surface area contributed by atoms with E-state index in [1.807, 2.05) is 0 Å². The second-order valence-electron chi connectivity index (χ2n) is 6.11. The van der Waals surface area contributed by atoms with Gasteiger partial charge in [0.1, 0.15) is 0 Å². The van der Waals surface area contributed by atoms with E-state index in [0.29, 0.717) is 5.02 Å². The summed E-state index contributed by atoms with van der Waals surface area (Å²) in [6.07, 6.45) is 1.83. The molecule has 0 heterocycles. The fourth-order valence-electron chi connectivity index (χ4n) is 2.04. The number of hydrogen-bond acceptors (Lipinski definition) is 3. The van der Waals surface area contributed by atoms with Crippen molar-refractivity contribution >= 4 is 17.3 Å². The largest absolute Gasteiger partial charge is 0.313 e. The van der Waals surface area contributed by atoms with Crippen LogP contribution in [0.15, 0.2) is 18.2 Å². The van der Waals surface area contributed by atoms with Gasteiger partial charge in [-0.3, -0.25) is 10.1 Å². The first-order chi connectivity index (χ1) is 9.25. The molecule has 0 aliphatic rings. The highest BCUT2D eigenvalue weighted by molar-refractivity contribution is 6.31. The van der Waals surface area contributed by atoms with Crippen LogP contribution >= 0.6 is 11.6 Å². The first-order valence-electron chi connectivity index (χ1n) is 6.92. The normalized spacial score (nSPS) is 13.2. The Morgan fingerprint density at radius 1 is 1.40 bits per heavy atom. The lowest BCUT2D eigenvalue weighted by Crippen LogP contribution is -2.42. The summed E-state index contributed by atoms with van der Waals surface area (Å²) in [6, 6.07) is 4.98. The maximum Gasteiger partial charge on any atom is 0.270 e. The van der Waals surface area contributed by atoms with Crippen molar-refractivity contribution in [2.75, 3.05) is 6.54 Å². The van der Waals surface area contributed by atoms with Crippen molar-refractivity contribution in [3.63, 3.8) is 0 Å². The second-order valence-corrected chi connectivity index (χ2v) is 6.52. The van der Waals surface area contributed by atoms with Crippen molar-refractivity contribution < 1.29 is 4.92 Å². The minimum atomic E-state index is -0.424. The maximum atomic E-state index is 10.7. The quantitative estimate of drug-likeness (QED) is 0.632. The Kier molecular flexibility index (Phi) is 5.96. The highest BCUT2D eigenvalue weighted by Crippen LogP contribution is 2.28. The average Bonchev–Trinajstić information content (AvgIpc) is 2.34. The lowest BCUT2D eigenvalue weighted by molar-refractivity contribution is -0.384. The summed E-state index contributed by atoms with van der Waals surface area (Å²) in [6.45, 7) is 9.62. The van der Waals surface area contributed by atoms with E-state index in [1.165, 1.54) is 12.1 Å². The van der Waals surface area contributed by atoms with Crippen LogP contribution in [0.5, 0.6) is 0 Å². The summed E-state index contributed by atoms with van der Waals surface area (Å²) < 4.78 is 0. The van der Waals surface area contributed by atoms with Crippen LogP contribution in [0.25, 0.3) is 0 Å². The van der Waals surface area contributed by atoms with Gasteiger partial charge in [0.15, 0.2) is 0 Å². The van der Waals surface area contributed by atoms with Crippen LogP contribution in [-0.4, -0.2) is 17.5 Å². The van der Waals surface area contributed by atoms with Gasteiger partial charge in [-0.2, -0.15) is 0 Å². The Hall–Kier alpha value is -1.13. The van der Waals surface area contributed by atoms with Gasteiger partial charge in [0.25, 0.3) is 5.69 Å². The van der Waals surface area contributed by atoms with Gasteiger partial charge in [-0.05, 0) is 30.4 Å². The SMILES string of the molecule is CCCNC(Cc1ccc([N+](=O)[O-])cc1Cl)C(C)(C)C. The van der Waals surface area contributed by atoms with Crippen molar-refractivity contribution in [1.29, 1.82) is 0 Å². The van der Waals surface area contributed by atoms with Crippen LogP contribution in [0.2, 0.25) is 5.02 Å². The minimum Gasteiger partial charge on any atom is -0.313 e. The van der Waals surface area contributed by atoms with Gasteiger partial charge < -0.3 is 5.32 Å². The predicted molar refractivity (Wildman–Crippen MR) is 83.3 cm³/mol. The first-order valence-corrected chi connectivity index (χ1v) is 7.29. The third-order valence-electron chi connectivity index (χ3n) is 3.36. The van der Waals surface area contributed by atoms with Gasteiger partial charge >= 0.3 is 0 Å². The van der Waals surface area contributed by atoms with E-state index in [4.69, 9.17) is 11.6 Å². The molecule has 1 aromatic rings. The highest BCUT2D eigenvalue weighted by atomic mass is 35.5. The first kappa shape index (κ1) is 16.9. The molecule has 20 heavy (non-hydrogen) atoms. The Labute approximate surface area is 125 Å². The van der Waals surface area contributed by atoms with E-state index < -0.39 is 4.92 Å². The van der Waals surface area contributed by atoms with Crippen molar-refractivity contribution in [1.82, 2.24) is 5.32 Å². The van der Waals surface area contributed by atoms with Crippen LogP contribution in [0.4, 0.5) is 5.69 Å². The van der Waals surface area contributed by atoms with Gasteiger partial charge in [0, 0.05) is 18.2 Å². The Morgan fingerprint density at radius 3 is 2.50 bits per heavy atom. The van der Waals surface area contributed by atoms with Gasteiger partial charge in [0.2, 0.25) is 0 Å². The topological polar surface area (TPSA) is 55.2 Å². The predicted octanol–water partition coefficient (Wildman–Crippen LogP) is 4.21. The molecule has 112 valence electrons. The molecular weight excluding hydrogens is 276 g/mol. The Balaban J connectivity index is 2.91. The smallest absolute Gasteiger partial charge is 0.270 e. The molecule has 0 saturated carbocycles. The number of nitrogens with zero attached hydrogens (tertiary/aromatic N) is 1. The molecule has 0 spiro atoms. The monoisotopic (exact) mass is 298 g/mol. The third-order valence-corrected chi connectivity index (χ3v) is 3.71. The van der Waals surface area contributed by atoms with E-state index in [0.717, 1.165) is 24.9 Å². The van der Waals surface area contributed by atoms with Crippen LogP contribution in [0.1, 0.15) is 39.7 Å². The highest BCUT2D eigenvalue weighted by Gasteiger charge is 2.25. The fourth-order valence-corrected chi connectivity index (χ4v) is 2.29. The van der Waals surface area contributed by atoms with E-state index >= 15 is 0 Å². The molecule has 4 nitrogen and oxygen atoms in total. The molecular formula is C15H23ClN2O2. The molecule has 0 bridgehead atoms. The molecule has 0 radical (unpaired) electrons. The molecule has 0 aromatic heterocycles. The van der Waals surface area contributed by atoms with E-state index in [2.05, 4.69) is 33.0 Å². The number of hydrogen-bond donors (Lipinski definition) is 1. The number of rotatable bonds is 6. The summed E-state index contributed by atoms with van der Waals surface area (Å²) in [5.74, 6) is 0. The van der Waals surface area contributed by atoms with Gasteiger partial charge in [0.05, 0.1) is 9.95 Å². The summed E-state index contributed by atoms with van der Waals surface area (Å²) in [4.78, 5) is 10.3. The second kappa shape index (κ2) is 7.04. The van der Waals surface area contributed by atoms with E-state index in [9.17, 15) is 10.1 Å². The molecule has 1 unspecified atom stereocenters. The average molecular weight is 299 g/mol. The number of halogens is 1. The molecule has 1 N–H and O–H groups in total. The molecule has 0 saturated heterocycles. The summed E-state index contributed by atoms with van der Waals surface area (Å²) in [5, 5.41) is 14.7. The van der Waals surface area contributed by atoms with Crippen LogP contribution in [0, 0.1) is 15.5 Å². The number of nitro benzene ring substituents is 1. The van der Waals surface area contributed by atoms with Gasteiger partial charge in [-0.1, -0.05) is 45.4 Å². The standard InChI is InChI=1S/C15H23ClN2O2/c1-5-8-17-14(15(2,3)4)9-11-6-7-12(18(19)20)10-13(11)16/h6-7,10,14,17H,5,8-9H2,1-4H3. The number of nitro groups is 1. The maximum absolute atomic E-state index is 10.7. The van der Waals surface area contributed by atoms with Crippen LogP contribution < -0.4 is 5.32 Å². The van der Waals surface area contributed by atoms with Crippen molar-refractivity contribution in [2.45, 2.75) is 46.6 Å². The zero-order valence-corrected chi connectivity index (χ0v) is 13.3. The third kappa shape index (κ3) is 4.76. The van der Waals surface area contributed by atoms with Crippen molar-refractivity contribution in [3.05, 3.63) is 38.9 Å². The van der Waals surface area contributed by atoms with Gasteiger partial charge in [-0.25, -0.2) is 0 Å². The number of non-ortho nitro benzene ring substituents is 1. The molecule has 1 aromatic carbocycles. The van der Waals surface area contributed by atoms with E-state index in [-0.39, 0.29) is 17.1 Å². The lowest BCUT2D eigenvalue weighted by Gasteiger charge is -2.32. The lowest BCUT2D eigenvalue weighted by atomic mass is 9.83. The number of benzene rings is 1. The minimum absolute atomic E-state index is 0.0348. The summed E-state index contributed by atoms with van der Waals surface area (Å²) >= 11 is 6.17. The van der Waals surface area contributed by atoms with Crippen LogP contribution in [0.3, 0.4) is 0 Å². The fraction of sp³-hybridized carbons (Fsp3) is 0.600. The Morgan fingerprint density at radius 2 is 2.05 bits per heavy atom. The van der Waals surface area contributed by atoms with Crippen LogP contribution in [-0.2, 0) is 6.42 Å². The molecule has 0 aliphatic carbocycles. The molecule has 0 aliphatic heterocycles. The summed E-state index contributed by atoms with van der Waals surface area (Å²) in [5.41, 5.74) is 1.08.